The summed E-state index contributed by atoms with van der Waals surface area (Å²) in [6.07, 6.45) is 6.44. The van der Waals surface area contributed by atoms with Crippen LogP contribution in [0.5, 0.6) is 0 Å². The molecule has 2 fully saturated rings. The summed E-state index contributed by atoms with van der Waals surface area (Å²) in [6.45, 7) is 4.78. The Bertz CT molecular complexity index is 667. The van der Waals surface area contributed by atoms with Crippen LogP contribution in [0, 0.1) is 5.92 Å². The molecule has 1 saturated carbocycles. The van der Waals surface area contributed by atoms with Crippen LogP contribution in [0.4, 0.5) is 11.5 Å². The molecule has 1 aromatic rings. The number of nitrogens with one attached hydrogen (secondary N) is 2. The largest absolute Gasteiger partial charge is 0.359 e. The van der Waals surface area contributed by atoms with Gasteiger partial charge >= 0.3 is 0 Å². The molecule has 7 nitrogen and oxygen atoms in total. The minimum Gasteiger partial charge on any atom is -0.359 e. The zero-order valence-corrected chi connectivity index (χ0v) is 14.5. The molecule has 0 spiro atoms. The fourth-order valence-electron chi connectivity index (χ4n) is 3.50. The molecule has 1 aliphatic carbocycles. The highest BCUT2D eigenvalue weighted by Crippen LogP contribution is 2.35. The molecule has 1 aromatic heterocycles. The van der Waals surface area contributed by atoms with Gasteiger partial charge in [-0.1, -0.05) is 0 Å². The van der Waals surface area contributed by atoms with Crippen molar-refractivity contribution >= 4 is 23.3 Å². The first-order valence-electron chi connectivity index (χ1n) is 9.25. The Morgan fingerprint density at radius 3 is 2.88 bits per heavy atom. The summed E-state index contributed by atoms with van der Waals surface area (Å²) >= 11 is 0. The molecule has 25 heavy (non-hydrogen) atoms. The van der Waals surface area contributed by atoms with Crippen LogP contribution in [0.25, 0.3) is 0 Å². The third-order valence-electron chi connectivity index (χ3n) is 5.18. The molecule has 7 heteroatoms. The van der Waals surface area contributed by atoms with E-state index in [-0.39, 0.29) is 18.4 Å². The molecule has 0 bridgehead atoms. The fourth-order valence-corrected chi connectivity index (χ4v) is 3.50. The lowest BCUT2D eigenvalue weighted by atomic mass is 10.2. The van der Waals surface area contributed by atoms with Gasteiger partial charge in [0.25, 0.3) is 5.91 Å². The quantitative estimate of drug-likeness (QED) is 0.808. The van der Waals surface area contributed by atoms with Crippen LogP contribution >= 0.6 is 0 Å². The average molecular weight is 343 g/mol. The minimum atomic E-state index is -0.126. The number of fused-ring (bicyclic) bond motifs is 1. The van der Waals surface area contributed by atoms with Gasteiger partial charge in [0.1, 0.15) is 5.82 Å². The third kappa shape index (κ3) is 3.76. The Kier molecular flexibility index (Phi) is 4.57. The Morgan fingerprint density at radius 2 is 2.12 bits per heavy atom. The van der Waals surface area contributed by atoms with Crippen molar-refractivity contribution in [2.45, 2.75) is 25.7 Å². The lowest BCUT2D eigenvalue weighted by molar-refractivity contribution is -0.117. The number of amides is 2. The number of hydrogen-bond donors (Lipinski definition) is 2. The van der Waals surface area contributed by atoms with E-state index in [2.05, 4.69) is 20.5 Å². The molecular formula is C18H25N5O2. The Hall–Kier alpha value is -2.15. The molecule has 0 atom stereocenters. The highest BCUT2D eigenvalue weighted by molar-refractivity contribution is 6.04. The first kappa shape index (κ1) is 16.3. The second kappa shape index (κ2) is 7.00. The molecule has 2 N–H and O–H groups in total. The topological polar surface area (TPSA) is 77.6 Å². The number of nitrogens with zero attached hydrogens (tertiary/aromatic N) is 3. The Morgan fingerprint density at radius 1 is 1.32 bits per heavy atom. The second-order valence-corrected chi connectivity index (χ2v) is 7.20. The van der Waals surface area contributed by atoms with E-state index < -0.39 is 0 Å². The van der Waals surface area contributed by atoms with Crippen molar-refractivity contribution in [3.63, 3.8) is 0 Å². The van der Waals surface area contributed by atoms with Crippen LogP contribution in [0.1, 0.15) is 36.0 Å². The molecule has 1 saturated heterocycles. The number of carbonyl (C=O) groups is 2. The summed E-state index contributed by atoms with van der Waals surface area (Å²) < 4.78 is 0. The molecule has 0 radical (unpaired) electrons. The van der Waals surface area contributed by atoms with Crippen molar-refractivity contribution in [1.29, 1.82) is 0 Å². The maximum absolute atomic E-state index is 12.4. The summed E-state index contributed by atoms with van der Waals surface area (Å²) in [6, 6.07) is 1.79. The van der Waals surface area contributed by atoms with Crippen molar-refractivity contribution in [3.8, 4) is 0 Å². The standard InChI is InChI=1S/C18H25N5O2/c24-16-11-21-17-15(23(16)12-13-3-4-13)9-14(10-20-17)18(25)19-5-8-22-6-1-2-7-22/h9-10,13H,1-8,11-12H2,(H,19,25)(H,20,21). The second-order valence-electron chi connectivity index (χ2n) is 7.20. The molecule has 0 aromatic carbocycles. The van der Waals surface area contributed by atoms with E-state index in [4.69, 9.17) is 0 Å². The summed E-state index contributed by atoms with van der Waals surface area (Å²) in [5, 5.41) is 6.01. The first-order valence-corrected chi connectivity index (χ1v) is 9.25. The van der Waals surface area contributed by atoms with Gasteiger partial charge in [0.05, 0.1) is 17.8 Å². The van der Waals surface area contributed by atoms with E-state index in [0.29, 0.717) is 23.8 Å². The van der Waals surface area contributed by atoms with Gasteiger partial charge in [-0.05, 0) is 50.8 Å². The minimum absolute atomic E-state index is 0.0489. The van der Waals surface area contributed by atoms with Crippen molar-refractivity contribution in [2.24, 2.45) is 5.92 Å². The number of carbonyl (C=O) groups excluding carboxylic acids is 2. The van der Waals surface area contributed by atoms with Gasteiger partial charge in [0.2, 0.25) is 5.91 Å². The van der Waals surface area contributed by atoms with Crippen molar-refractivity contribution in [3.05, 3.63) is 17.8 Å². The van der Waals surface area contributed by atoms with Gasteiger partial charge < -0.3 is 20.4 Å². The molecule has 4 rings (SSSR count). The van der Waals surface area contributed by atoms with Gasteiger partial charge in [-0.15, -0.1) is 0 Å². The van der Waals surface area contributed by atoms with E-state index in [1.807, 2.05) is 0 Å². The highest BCUT2D eigenvalue weighted by Gasteiger charge is 2.32. The normalized spacial score (nSPS) is 20.3. The maximum Gasteiger partial charge on any atom is 0.252 e. The zero-order valence-electron chi connectivity index (χ0n) is 14.5. The molecular weight excluding hydrogens is 318 g/mol. The van der Waals surface area contributed by atoms with Crippen LogP contribution < -0.4 is 15.5 Å². The highest BCUT2D eigenvalue weighted by atomic mass is 16.2. The van der Waals surface area contributed by atoms with Crippen molar-refractivity contribution in [1.82, 2.24) is 15.2 Å². The van der Waals surface area contributed by atoms with Crippen molar-refractivity contribution < 1.29 is 9.59 Å². The summed E-state index contributed by atoms with van der Waals surface area (Å²) in [5.74, 6) is 1.20. The number of anilines is 2. The van der Waals surface area contributed by atoms with Crippen LogP contribution in [-0.2, 0) is 4.79 Å². The predicted molar refractivity (Wildman–Crippen MR) is 95.8 cm³/mol. The molecule has 3 aliphatic rings. The van der Waals surface area contributed by atoms with Crippen LogP contribution in [0.15, 0.2) is 12.3 Å². The number of pyridine rings is 1. The average Bonchev–Trinajstić information content (AvgIpc) is 3.29. The predicted octanol–water partition coefficient (Wildman–Crippen LogP) is 1.08. The SMILES string of the molecule is O=C(NCCN1CCCC1)c1cnc2c(c1)N(CC1CC1)C(=O)CN2. The smallest absolute Gasteiger partial charge is 0.252 e. The van der Waals surface area contributed by atoms with E-state index in [0.717, 1.165) is 31.9 Å². The van der Waals surface area contributed by atoms with Gasteiger partial charge in [0.15, 0.2) is 0 Å². The summed E-state index contributed by atoms with van der Waals surface area (Å²) in [5.41, 5.74) is 1.24. The maximum atomic E-state index is 12.4. The number of likely N-dealkylation sites (tertiary alicyclic amines) is 1. The fraction of sp³-hybridized carbons (Fsp3) is 0.611. The monoisotopic (exact) mass is 343 g/mol. The lowest BCUT2D eigenvalue weighted by Gasteiger charge is -2.29. The lowest BCUT2D eigenvalue weighted by Crippen LogP contribution is -2.41. The Balaban J connectivity index is 1.42. The van der Waals surface area contributed by atoms with E-state index >= 15 is 0 Å². The van der Waals surface area contributed by atoms with Crippen LogP contribution in [0.2, 0.25) is 0 Å². The van der Waals surface area contributed by atoms with Gasteiger partial charge in [-0.25, -0.2) is 4.98 Å². The Labute approximate surface area is 147 Å². The number of aromatic nitrogens is 1. The third-order valence-corrected chi connectivity index (χ3v) is 5.18. The van der Waals surface area contributed by atoms with Crippen LogP contribution in [-0.4, -0.2) is 61.0 Å². The molecule has 134 valence electrons. The van der Waals surface area contributed by atoms with Crippen molar-refractivity contribution in [2.75, 3.05) is 49.5 Å². The molecule has 2 amide bonds. The van der Waals surface area contributed by atoms with E-state index in [1.165, 1.54) is 25.7 Å². The molecule has 2 aliphatic heterocycles. The van der Waals surface area contributed by atoms with Gasteiger partial charge in [-0.2, -0.15) is 0 Å². The summed E-state index contributed by atoms with van der Waals surface area (Å²) in [4.78, 5) is 33.2. The molecule has 3 heterocycles. The zero-order chi connectivity index (χ0) is 17.2. The number of hydrogen-bond acceptors (Lipinski definition) is 5. The van der Waals surface area contributed by atoms with Crippen LogP contribution in [0.3, 0.4) is 0 Å². The van der Waals surface area contributed by atoms with Gasteiger partial charge in [-0.3, -0.25) is 9.59 Å². The molecule has 0 unspecified atom stereocenters. The summed E-state index contributed by atoms with van der Waals surface area (Å²) in [7, 11) is 0. The first-order chi connectivity index (χ1) is 12.2. The van der Waals surface area contributed by atoms with E-state index in [1.54, 1.807) is 17.2 Å². The van der Waals surface area contributed by atoms with Gasteiger partial charge in [0, 0.05) is 25.8 Å². The van der Waals surface area contributed by atoms with E-state index in [9.17, 15) is 9.59 Å². The number of rotatable bonds is 6.